The molecule has 2 aliphatic heterocycles. The molecule has 1 amide bonds. The Morgan fingerprint density at radius 1 is 1.17 bits per heavy atom. The normalized spacial score (nSPS) is 31.9. The van der Waals surface area contributed by atoms with E-state index >= 15 is 4.79 Å². The summed E-state index contributed by atoms with van der Waals surface area (Å²) >= 11 is 6.60. The Balaban J connectivity index is 1.35. The number of phenolic OH excluding ortho intramolecular Hbond substituents is 1. The number of hydrogen-bond donors (Lipinski definition) is 6. The highest BCUT2D eigenvalue weighted by atomic mass is 32.8. The van der Waals surface area contributed by atoms with Gasteiger partial charge in [-0.3, -0.25) is 19.9 Å². The third kappa shape index (κ3) is 9.83. The number of pyridine rings is 1. The molecular formula is C46H52N4O12S3. The van der Waals surface area contributed by atoms with Gasteiger partial charge in [-0.15, -0.1) is 21.2 Å². The number of carbonyl (C=O) groups is 3. The number of nitrogens with zero attached hydrogens (tertiary/aromatic N) is 1. The van der Waals surface area contributed by atoms with Crippen LogP contribution in [0.3, 0.4) is 0 Å². The predicted molar refractivity (Wildman–Crippen MR) is 249 cm³/mol. The number of hydrogen-bond acceptors (Lipinski definition) is 16. The lowest BCUT2D eigenvalue weighted by molar-refractivity contribution is -0.326. The molecule has 65 heavy (non-hydrogen) atoms. The first kappa shape index (κ1) is 48.5. The molecule has 2 aliphatic carbocycles. The standard InChI is InChI=1S/C46H52N4O12S3/c1-7-47-31-23-59-36(22-35(31)57-3)62-41-43(55)46(64-5,42(54)40-39-26(16-18-48-40)29-20-25(51)14-15-30(29)49-39)24(2)60-44(41)61-34-13-11-9-8-10-12-28-37(34)27(17-19-65(6)63)32(52)21-33(53)38(28)50-45(56)58-4/h8-9,14-18,20,24,31-32,34-37,41,43-44,47,49,51-52,55H,7,19,21-23H2,1-6H3,(H,50,56)/b9-8-,27-17-/t24?,31?,32-,34-,35?,36?,37?,41?,43?,44?,46?,65?/m0/s1. The monoisotopic (exact) mass is 948 g/mol. The summed E-state index contributed by atoms with van der Waals surface area (Å²) in [5.74, 6) is 10.0. The van der Waals surface area contributed by atoms with Crippen molar-refractivity contribution in [3.63, 3.8) is 0 Å². The van der Waals surface area contributed by atoms with Gasteiger partial charge in [0.15, 0.2) is 18.4 Å². The minimum atomic E-state index is -1.77. The van der Waals surface area contributed by atoms with Crippen LogP contribution in [0.25, 0.3) is 21.8 Å². The van der Waals surface area contributed by atoms with E-state index in [2.05, 4.69) is 44.3 Å². The fraction of sp³-hybridized carbons (Fsp3) is 0.478. The van der Waals surface area contributed by atoms with Gasteiger partial charge in [0, 0.05) is 53.8 Å². The van der Waals surface area contributed by atoms with E-state index in [1.807, 2.05) is 13.2 Å². The van der Waals surface area contributed by atoms with Crippen LogP contribution in [0.5, 0.6) is 5.75 Å². The van der Waals surface area contributed by atoms with Gasteiger partial charge >= 0.3 is 6.09 Å². The third-order valence-electron chi connectivity index (χ3n) is 12.0. The predicted octanol–water partition coefficient (Wildman–Crippen LogP) is 3.09. The second-order valence-electron chi connectivity index (χ2n) is 15.8. The smallest absolute Gasteiger partial charge is 0.411 e. The summed E-state index contributed by atoms with van der Waals surface area (Å²) in [6.45, 7) is 4.48. The van der Waals surface area contributed by atoms with Crippen LogP contribution in [-0.4, -0.2) is 149 Å². The summed E-state index contributed by atoms with van der Waals surface area (Å²) in [4.78, 5) is 49.7. The molecule has 0 spiro atoms. The number of aliphatic hydroxyl groups is 2. The number of Topliss-reactive ketones (excluding diaryl/α,β-unsaturated/α-hetero) is 2. The van der Waals surface area contributed by atoms with E-state index in [0.29, 0.717) is 39.7 Å². The van der Waals surface area contributed by atoms with Crippen LogP contribution >= 0.6 is 11.8 Å². The maximum Gasteiger partial charge on any atom is 0.411 e. The van der Waals surface area contributed by atoms with Gasteiger partial charge in [0.1, 0.15) is 34.5 Å². The van der Waals surface area contributed by atoms with Crippen molar-refractivity contribution in [1.29, 1.82) is 0 Å². The summed E-state index contributed by atoms with van der Waals surface area (Å²) in [6.07, 6.45) is -1.11. The van der Waals surface area contributed by atoms with Crippen LogP contribution in [0.1, 0.15) is 37.2 Å². The van der Waals surface area contributed by atoms with E-state index in [-0.39, 0.29) is 47.9 Å². The van der Waals surface area contributed by atoms with Gasteiger partial charge in [-0.25, -0.2) is 4.79 Å². The molecule has 10 unspecified atom stereocenters. The summed E-state index contributed by atoms with van der Waals surface area (Å²) in [7, 11) is 2.18. The van der Waals surface area contributed by atoms with Crippen molar-refractivity contribution in [1.82, 2.24) is 20.6 Å². The fourth-order valence-electron chi connectivity index (χ4n) is 8.83. The van der Waals surface area contributed by atoms with E-state index in [1.54, 1.807) is 44.6 Å². The van der Waals surface area contributed by atoms with Gasteiger partial charge in [-0.2, -0.15) is 0 Å². The summed E-state index contributed by atoms with van der Waals surface area (Å²) in [5.41, 5.74) is 1.29. The Morgan fingerprint density at radius 3 is 2.68 bits per heavy atom. The molecule has 19 heteroatoms. The summed E-state index contributed by atoms with van der Waals surface area (Å²) in [5, 5.41) is 42.2. The molecule has 3 aromatic rings. The quantitative estimate of drug-likeness (QED) is 0.0824. The second kappa shape index (κ2) is 21.0. The average Bonchev–Trinajstić information content (AvgIpc) is 3.66. The van der Waals surface area contributed by atoms with Crippen LogP contribution in [-0.2, 0) is 53.9 Å². The highest BCUT2D eigenvalue weighted by Gasteiger charge is 2.61. The number of methoxy groups -OCH3 is 2. The number of alkyl carbamates (subject to hydrolysis) is 1. The van der Waals surface area contributed by atoms with Gasteiger partial charge in [0.05, 0.1) is 55.2 Å². The number of ether oxygens (including phenoxy) is 6. The Labute approximate surface area is 387 Å². The average molecular weight is 949 g/mol. The van der Waals surface area contributed by atoms with Gasteiger partial charge < -0.3 is 54.0 Å². The number of allylic oxidation sites excluding steroid dienone is 3. The van der Waals surface area contributed by atoms with E-state index in [9.17, 15) is 24.9 Å². The molecule has 16 nitrogen and oxygen atoms in total. The first-order chi connectivity index (χ1) is 31.3. The lowest BCUT2D eigenvalue weighted by Gasteiger charge is -2.51. The number of fused-ring (bicyclic) bond motifs is 4. The summed E-state index contributed by atoms with van der Waals surface area (Å²) < 4.78 is 35.5. The molecule has 2 saturated heterocycles. The highest BCUT2D eigenvalue weighted by molar-refractivity contribution is 8.28. The number of rotatable bonds is 13. The molecule has 4 aliphatic rings. The molecular weight excluding hydrogens is 897 g/mol. The van der Waals surface area contributed by atoms with Gasteiger partial charge in [-0.1, -0.05) is 47.9 Å². The minimum absolute atomic E-state index is 0.0264. The van der Waals surface area contributed by atoms with Crippen molar-refractivity contribution in [2.45, 2.75) is 86.7 Å². The Bertz CT molecular complexity index is 2570. The molecule has 6 N–H and O–H groups in total. The molecule has 2 aromatic heterocycles. The number of amides is 1. The second-order valence-corrected chi connectivity index (χ2v) is 20.1. The number of carbonyl (C=O) groups excluding carboxylic acids is 3. The lowest BCUT2D eigenvalue weighted by atomic mass is 9.82. The van der Waals surface area contributed by atoms with E-state index in [4.69, 9.17) is 39.6 Å². The number of H-pyrrole nitrogens is 1. The molecule has 0 bridgehead atoms. The zero-order valence-electron chi connectivity index (χ0n) is 36.6. The van der Waals surface area contributed by atoms with Crippen LogP contribution in [0.2, 0.25) is 0 Å². The number of aromatic nitrogens is 2. The van der Waals surface area contributed by atoms with Gasteiger partial charge in [0.25, 0.3) is 0 Å². The first-order valence-corrected chi connectivity index (χ1v) is 24.9. The van der Waals surface area contributed by atoms with E-state index < -0.39 is 87.3 Å². The molecule has 1 aromatic carbocycles. The van der Waals surface area contributed by atoms with Gasteiger partial charge in [-0.05, 0) is 68.0 Å². The van der Waals surface area contributed by atoms with Crippen molar-refractivity contribution < 1.29 is 58.1 Å². The van der Waals surface area contributed by atoms with Crippen molar-refractivity contribution in [2.75, 3.05) is 45.6 Å². The number of phenols is 1. The number of thioether (sulfide) groups is 1. The minimum Gasteiger partial charge on any atom is -0.508 e. The zero-order valence-corrected chi connectivity index (χ0v) is 39.1. The van der Waals surface area contributed by atoms with E-state index in [0.717, 1.165) is 18.9 Å². The Kier molecular flexibility index (Phi) is 15.7. The molecule has 0 radical (unpaired) electrons. The number of ketones is 2. The Morgan fingerprint density at radius 2 is 1.95 bits per heavy atom. The third-order valence-corrected chi connectivity index (χ3v) is 14.5. The van der Waals surface area contributed by atoms with Crippen LogP contribution in [0, 0.1) is 29.6 Å². The molecule has 4 heterocycles. The first-order valence-electron chi connectivity index (χ1n) is 21.0. The Hall–Kier alpha value is -4.48. The van der Waals surface area contributed by atoms with Crippen LogP contribution in [0.4, 0.5) is 4.79 Å². The number of aromatic amines is 1. The SMILES string of the molecule is CCNC1COC(OC2C(O[C@H]3C#C/C=C\C#CC4=C(NC(=O)OC)C(=O)C[C@H](O)/C(=C/CS(C)=S)C43)OC(C)C(SC)(C(=O)c3nccc4c3[nH]c3ccc(O)cc34)C2O)CC1OC. The number of aliphatic hydroxyl groups excluding tert-OH is 2. The number of aromatic hydroxyl groups is 1. The summed E-state index contributed by atoms with van der Waals surface area (Å²) in [6, 6.07) is 6.41. The van der Waals surface area contributed by atoms with Crippen LogP contribution < -0.4 is 10.6 Å². The zero-order chi connectivity index (χ0) is 46.6. The van der Waals surface area contributed by atoms with Crippen molar-refractivity contribution in [3.8, 4) is 29.4 Å². The van der Waals surface area contributed by atoms with E-state index in [1.165, 1.54) is 24.4 Å². The van der Waals surface area contributed by atoms with Crippen molar-refractivity contribution in [3.05, 3.63) is 71.2 Å². The maximum atomic E-state index is 15.3. The largest absolute Gasteiger partial charge is 0.508 e. The molecule has 12 atom stereocenters. The lowest BCUT2D eigenvalue weighted by Crippen LogP contribution is -2.69. The fourth-order valence-corrected chi connectivity index (χ4v) is 10.5. The molecule has 2 fully saturated rings. The van der Waals surface area contributed by atoms with Crippen molar-refractivity contribution in [2.24, 2.45) is 5.92 Å². The highest BCUT2D eigenvalue weighted by Crippen LogP contribution is 2.46. The molecule has 0 saturated carbocycles. The number of nitrogens with one attached hydrogen (secondary N) is 3. The number of benzene rings is 1. The number of likely N-dealkylation sites (N-methyl/N-ethyl adjacent to an activating group) is 1. The van der Waals surface area contributed by atoms with Gasteiger partial charge in [0.2, 0.25) is 5.78 Å². The molecule has 7 rings (SSSR count). The van der Waals surface area contributed by atoms with Crippen LogP contribution in [0.15, 0.2) is 65.5 Å². The maximum absolute atomic E-state index is 15.3. The topological polar surface area (TPSA) is 220 Å². The molecule has 346 valence electrons. The van der Waals surface area contributed by atoms with Crippen molar-refractivity contribution >= 4 is 71.9 Å².